The van der Waals surface area contributed by atoms with Crippen LogP contribution in [0.3, 0.4) is 0 Å². The lowest BCUT2D eigenvalue weighted by Crippen LogP contribution is -2.38. The summed E-state index contributed by atoms with van der Waals surface area (Å²) in [5.41, 5.74) is 2.57. The molecular formula is C18H21NO. The second-order valence-corrected chi connectivity index (χ2v) is 5.64. The molecule has 2 heteroatoms. The Kier molecular flexibility index (Phi) is 3.86. The van der Waals surface area contributed by atoms with Gasteiger partial charge < -0.3 is 5.11 Å². The minimum absolute atomic E-state index is 0.235. The van der Waals surface area contributed by atoms with Crippen LogP contribution in [0.15, 0.2) is 60.7 Å². The molecule has 1 aliphatic rings. The molecule has 0 saturated carbocycles. The van der Waals surface area contributed by atoms with E-state index in [0.717, 1.165) is 12.8 Å². The fourth-order valence-electron chi connectivity index (χ4n) is 3.25. The largest absolute Gasteiger partial charge is 0.393 e. The molecule has 0 aromatic heterocycles. The highest BCUT2D eigenvalue weighted by molar-refractivity contribution is 5.24. The Morgan fingerprint density at radius 2 is 1.20 bits per heavy atom. The van der Waals surface area contributed by atoms with Crippen molar-refractivity contribution in [1.29, 1.82) is 0 Å². The van der Waals surface area contributed by atoms with Crippen molar-refractivity contribution in [1.82, 2.24) is 4.90 Å². The summed E-state index contributed by atoms with van der Waals surface area (Å²) in [5.74, 6) is 0. The monoisotopic (exact) mass is 267 g/mol. The van der Waals surface area contributed by atoms with Crippen LogP contribution in [0.1, 0.15) is 36.1 Å². The Bertz CT molecular complexity index is 490. The molecule has 0 aliphatic carbocycles. The summed E-state index contributed by atoms with van der Waals surface area (Å²) >= 11 is 0. The van der Waals surface area contributed by atoms with Crippen LogP contribution in [-0.4, -0.2) is 23.2 Å². The molecule has 2 aromatic rings. The van der Waals surface area contributed by atoms with Gasteiger partial charge in [-0.3, -0.25) is 4.90 Å². The number of nitrogens with zero attached hydrogens (tertiary/aromatic N) is 1. The lowest BCUT2D eigenvalue weighted by Gasteiger charge is -2.42. The van der Waals surface area contributed by atoms with Crippen LogP contribution in [0, 0.1) is 0 Å². The van der Waals surface area contributed by atoms with Crippen molar-refractivity contribution in [3.8, 4) is 0 Å². The second kappa shape index (κ2) is 5.78. The quantitative estimate of drug-likeness (QED) is 0.899. The SMILES string of the molecule is CN1[C@@H](c2ccccc2)CC(O)C[C@H]1c1ccccc1. The van der Waals surface area contributed by atoms with Crippen molar-refractivity contribution in [2.24, 2.45) is 0 Å². The van der Waals surface area contributed by atoms with Crippen molar-refractivity contribution in [2.75, 3.05) is 7.05 Å². The molecule has 1 aliphatic heterocycles. The molecule has 0 bridgehead atoms. The third-order valence-electron chi connectivity index (χ3n) is 4.34. The van der Waals surface area contributed by atoms with E-state index in [0.29, 0.717) is 0 Å². The van der Waals surface area contributed by atoms with Crippen LogP contribution in [-0.2, 0) is 0 Å². The van der Waals surface area contributed by atoms with E-state index in [4.69, 9.17) is 0 Å². The van der Waals surface area contributed by atoms with Gasteiger partial charge in [0.25, 0.3) is 0 Å². The van der Waals surface area contributed by atoms with E-state index in [1.807, 2.05) is 12.1 Å². The molecule has 0 radical (unpaired) electrons. The van der Waals surface area contributed by atoms with E-state index in [9.17, 15) is 5.11 Å². The fourth-order valence-corrected chi connectivity index (χ4v) is 3.25. The summed E-state index contributed by atoms with van der Waals surface area (Å²) in [4.78, 5) is 2.40. The first kappa shape index (κ1) is 13.3. The summed E-state index contributed by atoms with van der Waals surface area (Å²) in [5, 5.41) is 10.3. The van der Waals surface area contributed by atoms with Gasteiger partial charge in [-0.15, -0.1) is 0 Å². The van der Waals surface area contributed by atoms with Gasteiger partial charge in [0.2, 0.25) is 0 Å². The zero-order valence-electron chi connectivity index (χ0n) is 11.8. The molecule has 1 unspecified atom stereocenters. The number of hydrogen-bond acceptors (Lipinski definition) is 2. The van der Waals surface area contributed by atoms with Crippen molar-refractivity contribution >= 4 is 0 Å². The van der Waals surface area contributed by atoms with Crippen molar-refractivity contribution in [3.63, 3.8) is 0 Å². The maximum absolute atomic E-state index is 10.3. The Morgan fingerprint density at radius 1 is 0.800 bits per heavy atom. The predicted octanol–water partition coefficient (Wildman–Crippen LogP) is 3.56. The van der Waals surface area contributed by atoms with E-state index < -0.39 is 0 Å². The molecule has 3 atom stereocenters. The Morgan fingerprint density at radius 3 is 1.60 bits per heavy atom. The van der Waals surface area contributed by atoms with Gasteiger partial charge in [0.1, 0.15) is 0 Å². The molecule has 104 valence electrons. The van der Waals surface area contributed by atoms with Crippen LogP contribution in [0.25, 0.3) is 0 Å². The van der Waals surface area contributed by atoms with E-state index in [-0.39, 0.29) is 18.2 Å². The van der Waals surface area contributed by atoms with Crippen LogP contribution in [0.2, 0.25) is 0 Å². The maximum Gasteiger partial charge on any atom is 0.0576 e. The molecule has 1 N–H and O–H groups in total. The lowest BCUT2D eigenvalue weighted by molar-refractivity contribution is 0.0140. The van der Waals surface area contributed by atoms with E-state index in [1.165, 1.54) is 11.1 Å². The van der Waals surface area contributed by atoms with E-state index in [1.54, 1.807) is 0 Å². The lowest BCUT2D eigenvalue weighted by atomic mass is 9.86. The predicted molar refractivity (Wildman–Crippen MR) is 81.4 cm³/mol. The molecule has 0 amide bonds. The van der Waals surface area contributed by atoms with Crippen molar-refractivity contribution < 1.29 is 5.11 Å². The average molecular weight is 267 g/mol. The minimum Gasteiger partial charge on any atom is -0.393 e. The van der Waals surface area contributed by atoms with E-state index in [2.05, 4.69) is 60.5 Å². The number of hydrogen-bond donors (Lipinski definition) is 1. The molecule has 2 nitrogen and oxygen atoms in total. The summed E-state index contributed by atoms with van der Waals surface area (Å²) in [6, 6.07) is 21.5. The molecule has 3 rings (SSSR count). The molecule has 1 fully saturated rings. The summed E-state index contributed by atoms with van der Waals surface area (Å²) < 4.78 is 0. The Balaban J connectivity index is 1.90. The van der Waals surface area contributed by atoms with Crippen LogP contribution >= 0.6 is 0 Å². The Hall–Kier alpha value is -1.64. The number of benzene rings is 2. The third-order valence-corrected chi connectivity index (χ3v) is 4.34. The number of likely N-dealkylation sites (tertiary alicyclic amines) is 1. The van der Waals surface area contributed by atoms with Crippen molar-refractivity contribution in [2.45, 2.75) is 31.0 Å². The zero-order chi connectivity index (χ0) is 13.9. The first-order valence-electron chi connectivity index (χ1n) is 7.25. The smallest absolute Gasteiger partial charge is 0.0576 e. The second-order valence-electron chi connectivity index (χ2n) is 5.64. The van der Waals surface area contributed by atoms with Gasteiger partial charge in [0.15, 0.2) is 0 Å². The summed E-state index contributed by atoms with van der Waals surface area (Å²) in [7, 11) is 2.17. The highest BCUT2D eigenvalue weighted by Gasteiger charge is 2.33. The van der Waals surface area contributed by atoms with Gasteiger partial charge in [0, 0.05) is 12.1 Å². The van der Waals surface area contributed by atoms with Gasteiger partial charge in [0.05, 0.1) is 6.10 Å². The molecule has 1 heterocycles. The fraction of sp³-hybridized carbons (Fsp3) is 0.333. The number of rotatable bonds is 2. The highest BCUT2D eigenvalue weighted by atomic mass is 16.3. The van der Waals surface area contributed by atoms with Crippen LogP contribution in [0.5, 0.6) is 0 Å². The average Bonchev–Trinajstić information content (AvgIpc) is 2.51. The number of aliphatic hydroxyl groups excluding tert-OH is 1. The summed E-state index contributed by atoms with van der Waals surface area (Å²) in [6.45, 7) is 0. The third kappa shape index (κ3) is 2.62. The molecule has 0 spiro atoms. The topological polar surface area (TPSA) is 23.5 Å². The standard InChI is InChI=1S/C18H21NO/c1-19-17(14-8-4-2-5-9-14)12-16(20)13-18(19)15-10-6-3-7-11-15/h2-11,16-18,20H,12-13H2,1H3/t16?,17-,18+. The maximum atomic E-state index is 10.3. The zero-order valence-corrected chi connectivity index (χ0v) is 11.8. The Labute approximate surface area is 120 Å². The number of aliphatic hydroxyl groups is 1. The van der Waals surface area contributed by atoms with Crippen molar-refractivity contribution in [3.05, 3.63) is 71.8 Å². The molecule has 1 saturated heterocycles. The van der Waals surface area contributed by atoms with Gasteiger partial charge in [-0.2, -0.15) is 0 Å². The summed E-state index contributed by atoms with van der Waals surface area (Å²) in [6.07, 6.45) is 1.38. The van der Waals surface area contributed by atoms with Crippen LogP contribution in [0.4, 0.5) is 0 Å². The van der Waals surface area contributed by atoms with Gasteiger partial charge in [-0.25, -0.2) is 0 Å². The molecular weight excluding hydrogens is 246 g/mol. The molecule has 2 aromatic carbocycles. The molecule has 20 heavy (non-hydrogen) atoms. The first-order chi connectivity index (χ1) is 9.75. The van der Waals surface area contributed by atoms with Gasteiger partial charge in [-0.1, -0.05) is 60.7 Å². The first-order valence-corrected chi connectivity index (χ1v) is 7.25. The number of piperidine rings is 1. The van der Waals surface area contributed by atoms with Gasteiger partial charge in [-0.05, 0) is 31.0 Å². The highest BCUT2D eigenvalue weighted by Crippen LogP contribution is 2.40. The minimum atomic E-state index is -0.235. The van der Waals surface area contributed by atoms with E-state index >= 15 is 0 Å². The van der Waals surface area contributed by atoms with Crippen LogP contribution < -0.4 is 0 Å². The normalized spacial score (nSPS) is 27.4. The van der Waals surface area contributed by atoms with Gasteiger partial charge >= 0.3 is 0 Å².